The molecule has 1 saturated carbocycles. The van der Waals surface area contributed by atoms with Crippen molar-refractivity contribution in [2.45, 2.75) is 0 Å². The summed E-state index contributed by atoms with van der Waals surface area (Å²) < 4.78 is 21.8. The van der Waals surface area contributed by atoms with E-state index < -0.39 is 9.84 Å². The van der Waals surface area contributed by atoms with Gasteiger partial charge in [0, 0.05) is 6.26 Å². The number of hydrogen-bond donors (Lipinski definition) is 1. The molecule has 0 amide bonds. The van der Waals surface area contributed by atoms with Crippen molar-refractivity contribution in [3.05, 3.63) is 0 Å². The van der Waals surface area contributed by atoms with Gasteiger partial charge in [-0.25, -0.2) is 8.42 Å². The van der Waals surface area contributed by atoms with Crippen LogP contribution in [0.4, 0.5) is 0 Å². The maximum Gasteiger partial charge on any atom is 0.147 e. The summed E-state index contributed by atoms with van der Waals surface area (Å²) in [4.78, 5) is 0. The Morgan fingerprint density at radius 3 is 2.36 bits per heavy atom. The van der Waals surface area contributed by atoms with Gasteiger partial charge >= 0.3 is 0 Å². The zero-order valence-electron chi connectivity index (χ0n) is 6.58. The molecule has 2 fully saturated rings. The fourth-order valence-electron chi connectivity index (χ4n) is 2.14. The summed E-state index contributed by atoms with van der Waals surface area (Å²) in [5, 5.41) is 3.24. The van der Waals surface area contributed by atoms with Crippen LogP contribution >= 0.6 is 0 Å². The van der Waals surface area contributed by atoms with Crippen molar-refractivity contribution < 1.29 is 8.42 Å². The van der Waals surface area contributed by atoms with Crippen molar-refractivity contribution >= 4 is 9.84 Å². The highest BCUT2D eigenvalue weighted by atomic mass is 32.2. The molecule has 1 aliphatic carbocycles. The lowest BCUT2D eigenvalue weighted by atomic mass is 10.3. The highest BCUT2D eigenvalue weighted by Crippen LogP contribution is 2.49. The maximum atomic E-state index is 10.9. The summed E-state index contributed by atoms with van der Waals surface area (Å²) in [7, 11) is -2.73. The summed E-state index contributed by atoms with van der Waals surface area (Å²) in [6.45, 7) is 2.07. The van der Waals surface area contributed by atoms with Gasteiger partial charge in [0.15, 0.2) is 0 Å². The van der Waals surface area contributed by atoms with Crippen molar-refractivity contribution in [3.8, 4) is 0 Å². The normalized spacial score (nSPS) is 42.1. The van der Waals surface area contributed by atoms with Crippen LogP contribution in [0.2, 0.25) is 0 Å². The summed E-state index contributed by atoms with van der Waals surface area (Å²) in [6.07, 6.45) is 1.33. The number of piperidine rings is 1. The van der Waals surface area contributed by atoms with E-state index in [2.05, 4.69) is 5.32 Å². The van der Waals surface area contributed by atoms with Crippen molar-refractivity contribution in [3.63, 3.8) is 0 Å². The molecule has 0 aromatic heterocycles. The van der Waals surface area contributed by atoms with E-state index >= 15 is 0 Å². The first kappa shape index (κ1) is 7.55. The lowest BCUT2D eigenvalue weighted by molar-refractivity contribution is 0.581. The first-order valence-corrected chi connectivity index (χ1v) is 6.02. The first-order chi connectivity index (χ1) is 5.08. The third-order valence-corrected chi connectivity index (χ3v) is 3.75. The fraction of sp³-hybridized carbons (Fsp3) is 1.00. The molecule has 11 heavy (non-hydrogen) atoms. The zero-order chi connectivity index (χ0) is 8.06. The van der Waals surface area contributed by atoms with Crippen LogP contribution in [-0.4, -0.2) is 33.5 Å². The van der Waals surface area contributed by atoms with E-state index in [9.17, 15) is 8.42 Å². The van der Waals surface area contributed by atoms with Crippen molar-refractivity contribution in [1.29, 1.82) is 0 Å². The van der Waals surface area contributed by atoms with Gasteiger partial charge in [0.05, 0.1) is 5.75 Å². The minimum Gasteiger partial charge on any atom is -0.316 e. The van der Waals surface area contributed by atoms with Gasteiger partial charge in [-0.1, -0.05) is 0 Å². The van der Waals surface area contributed by atoms with Gasteiger partial charge in [-0.15, -0.1) is 0 Å². The van der Waals surface area contributed by atoms with Gasteiger partial charge in [0.1, 0.15) is 9.84 Å². The summed E-state index contributed by atoms with van der Waals surface area (Å²) in [5.41, 5.74) is 0. The Morgan fingerprint density at radius 2 is 1.91 bits per heavy atom. The molecular formula is C7H13NO2S. The smallest absolute Gasteiger partial charge is 0.147 e. The van der Waals surface area contributed by atoms with Gasteiger partial charge in [-0.2, -0.15) is 0 Å². The summed E-state index contributed by atoms with van der Waals surface area (Å²) in [6, 6.07) is 0. The summed E-state index contributed by atoms with van der Waals surface area (Å²) >= 11 is 0. The quantitative estimate of drug-likeness (QED) is 0.615. The molecule has 4 heteroatoms. The third-order valence-electron chi connectivity index (χ3n) is 2.76. The van der Waals surface area contributed by atoms with Gasteiger partial charge in [-0.3, -0.25) is 0 Å². The minimum absolute atomic E-state index is 0.407. The van der Waals surface area contributed by atoms with Crippen LogP contribution in [-0.2, 0) is 9.84 Å². The Balaban J connectivity index is 1.93. The molecule has 2 unspecified atom stereocenters. The largest absolute Gasteiger partial charge is 0.316 e. The molecular weight excluding hydrogens is 162 g/mol. The third kappa shape index (κ3) is 1.42. The first-order valence-electron chi connectivity index (χ1n) is 3.96. The number of sulfone groups is 1. The Bertz CT molecular complexity index is 250. The van der Waals surface area contributed by atoms with Crippen LogP contribution in [0, 0.1) is 17.8 Å². The Hall–Kier alpha value is -0.0900. The standard InChI is InChI=1S/C7H13NO2S/c1-11(9,10)4-7-5-2-8-3-6(5)7/h5-8H,2-4H2,1H3. The monoisotopic (exact) mass is 175 g/mol. The van der Waals surface area contributed by atoms with Gasteiger partial charge in [0.2, 0.25) is 0 Å². The second kappa shape index (κ2) is 2.20. The molecule has 3 nitrogen and oxygen atoms in total. The molecule has 0 aromatic rings. The highest BCUT2D eigenvalue weighted by molar-refractivity contribution is 7.90. The molecule has 2 aliphatic rings. The van der Waals surface area contributed by atoms with Crippen molar-refractivity contribution in [2.24, 2.45) is 17.8 Å². The van der Waals surface area contributed by atoms with Crippen molar-refractivity contribution in [1.82, 2.24) is 5.32 Å². The Kier molecular flexibility index (Phi) is 1.51. The molecule has 1 aliphatic heterocycles. The fourth-order valence-corrected chi connectivity index (χ4v) is 3.34. The van der Waals surface area contributed by atoms with Crippen molar-refractivity contribution in [2.75, 3.05) is 25.1 Å². The van der Waals surface area contributed by atoms with E-state index in [1.165, 1.54) is 6.26 Å². The molecule has 2 atom stereocenters. The number of rotatable bonds is 2. The zero-order valence-corrected chi connectivity index (χ0v) is 7.39. The van der Waals surface area contributed by atoms with E-state index in [0.717, 1.165) is 13.1 Å². The van der Waals surface area contributed by atoms with Crippen LogP contribution < -0.4 is 5.32 Å². The lowest BCUT2D eigenvalue weighted by Gasteiger charge is -2.01. The van der Waals surface area contributed by atoms with Crippen LogP contribution in [0.15, 0.2) is 0 Å². The summed E-state index contributed by atoms with van der Waals surface area (Å²) in [5.74, 6) is 2.23. The molecule has 0 spiro atoms. The topological polar surface area (TPSA) is 46.2 Å². The number of nitrogens with one attached hydrogen (secondary N) is 1. The Labute approximate surface area is 67.1 Å². The molecule has 2 rings (SSSR count). The molecule has 64 valence electrons. The van der Waals surface area contributed by atoms with Gasteiger partial charge in [-0.05, 0) is 30.8 Å². The number of fused-ring (bicyclic) bond motifs is 1. The predicted octanol–water partition coefficient (Wildman–Crippen LogP) is -0.504. The number of hydrogen-bond acceptors (Lipinski definition) is 3. The highest BCUT2D eigenvalue weighted by Gasteiger charge is 2.53. The second-order valence-electron chi connectivity index (χ2n) is 3.74. The van der Waals surface area contributed by atoms with Gasteiger partial charge < -0.3 is 5.32 Å². The molecule has 0 radical (unpaired) electrons. The molecule has 1 saturated heterocycles. The van der Waals surface area contributed by atoms with E-state index in [0.29, 0.717) is 23.5 Å². The Morgan fingerprint density at radius 1 is 1.36 bits per heavy atom. The van der Waals surface area contributed by atoms with Gasteiger partial charge in [0.25, 0.3) is 0 Å². The van der Waals surface area contributed by atoms with Crippen LogP contribution in [0.25, 0.3) is 0 Å². The average Bonchev–Trinajstić information content (AvgIpc) is 2.39. The maximum absolute atomic E-state index is 10.9. The molecule has 1 heterocycles. The SMILES string of the molecule is CS(=O)(=O)CC1C2CNCC21. The van der Waals surface area contributed by atoms with Crippen LogP contribution in [0.5, 0.6) is 0 Å². The van der Waals surface area contributed by atoms with E-state index in [1.807, 2.05) is 0 Å². The van der Waals surface area contributed by atoms with E-state index in [1.54, 1.807) is 0 Å². The molecule has 0 bridgehead atoms. The average molecular weight is 175 g/mol. The predicted molar refractivity (Wildman–Crippen MR) is 43.1 cm³/mol. The minimum atomic E-state index is -2.73. The molecule has 1 N–H and O–H groups in total. The lowest BCUT2D eigenvalue weighted by Crippen LogP contribution is -2.18. The van der Waals surface area contributed by atoms with E-state index in [-0.39, 0.29) is 0 Å². The van der Waals surface area contributed by atoms with Crippen LogP contribution in [0.1, 0.15) is 0 Å². The van der Waals surface area contributed by atoms with Crippen LogP contribution in [0.3, 0.4) is 0 Å². The second-order valence-corrected chi connectivity index (χ2v) is 5.93. The van der Waals surface area contributed by atoms with E-state index in [4.69, 9.17) is 0 Å². The molecule has 0 aromatic carbocycles.